The van der Waals surface area contributed by atoms with Crippen LogP contribution >= 0.6 is 0 Å². The van der Waals surface area contributed by atoms with Gasteiger partial charge in [-0.05, 0) is 38.1 Å². The molecule has 4 rings (SSSR count). The summed E-state index contributed by atoms with van der Waals surface area (Å²) >= 11 is 0. The van der Waals surface area contributed by atoms with Gasteiger partial charge in [0.15, 0.2) is 0 Å². The van der Waals surface area contributed by atoms with E-state index in [0.29, 0.717) is 18.0 Å². The van der Waals surface area contributed by atoms with E-state index in [4.69, 9.17) is 4.74 Å². The van der Waals surface area contributed by atoms with Gasteiger partial charge in [-0.3, -0.25) is 9.89 Å². The van der Waals surface area contributed by atoms with Crippen molar-refractivity contribution >= 4 is 23.0 Å². The molecule has 0 spiro atoms. The summed E-state index contributed by atoms with van der Waals surface area (Å²) in [4.78, 5) is 15.7. The maximum atomic E-state index is 12.4. The number of ether oxygens (including phenoxy) is 1. The molecule has 146 valence electrons. The van der Waals surface area contributed by atoms with Crippen LogP contribution in [0.3, 0.4) is 0 Å². The summed E-state index contributed by atoms with van der Waals surface area (Å²) < 4.78 is 5.63. The Morgan fingerprint density at radius 2 is 2.00 bits per heavy atom. The Morgan fingerprint density at radius 3 is 2.86 bits per heavy atom. The fraction of sp³-hybridized carbons (Fsp3) is 0.136. The molecule has 7 heteroatoms. The van der Waals surface area contributed by atoms with Gasteiger partial charge in [0.25, 0.3) is 5.91 Å². The van der Waals surface area contributed by atoms with Crippen LogP contribution in [0.1, 0.15) is 28.7 Å². The van der Waals surface area contributed by atoms with Crippen molar-refractivity contribution in [3.05, 3.63) is 71.5 Å². The maximum Gasteiger partial charge on any atom is 0.289 e. The van der Waals surface area contributed by atoms with Gasteiger partial charge < -0.3 is 9.72 Å². The van der Waals surface area contributed by atoms with Crippen LogP contribution in [0.5, 0.6) is 5.75 Å². The summed E-state index contributed by atoms with van der Waals surface area (Å²) in [6, 6.07) is 17.2. The molecule has 0 atom stereocenters. The minimum absolute atomic E-state index is 0.319. The average Bonchev–Trinajstić information content (AvgIpc) is 3.34. The molecule has 7 nitrogen and oxygen atoms in total. The first-order valence-electron chi connectivity index (χ1n) is 9.35. The molecule has 2 aromatic carbocycles. The Kier molecular flexibility index (Phi) is 5.11. The van der Waals surface area contributed by atoms with Crippen LogP contribution in [0.2, 0.25) is 0 Å². The number of benzene rings is 2. The van der Waals surface area contributed by atoms with Gasteiger partial charge in [0.05, 0.1) is 18.5 Å². The molecule has 0 unspecified atom stereocenters. The summed E-state index contributed by atoms with van der Waals surface area (Å²) in [5.74, 6) is 0.354. The third-order valence-electron chi connectivity index (χ3n) is 4.59. The molecule has 0 fully saturated rings. The highest BCUT2D eigenvalue weighted by molar-refractivity contribution is 6.01. The number of nitrogens with zero attached hydrogens (tertiary/aromatic N) is 2. The Labute approximate surface area is 167 Å². The Morgan fingerprint density at radius 1 is 1.21 bits per heavy atom. The zero-order chi connectivity index (χ0) is 20.2. The number of carbonyl (C=O) groups is 1. The minimum atomic E-state index is -0.369. The lowest BCUT2D eigenvalue weighted by Crippen LogP contribution is -2.18. The van der Waals surface area contributed by atoms with Gasteiger partial charge >= 0.3 is 0 Å². The number of fused-ring (bicyclic) bond motifs is 1. The third-order valence-corrected chi connectivity index (χ3v) is 4.59. The Hall–Kier alpha value is -3.87. The SMILES string of the molecule is CCOc1ccccc1-c1cc(C(=O)N/N=C\c2c(C)[nH]c3ccccc23)[nH]n1. The molecule has 0 saturated carbocycles. The lowest BCUT2D eigenvalue weighted by Gasteiger charge is -2.07. The smallest absolute Gasteiger partial charge is 0.289 e. The molecule has 4 aromatic rings. The van der Waals surface area contributed by atoms with Crippen molar-refractivity contribution in [1.29, 1.82) is 0 Å². The van der Waals surface area contributed by atoms with Gasteiger partial charge in [-0.2, -0.15) is 10.2 Å². The third kappa shape index (κ3) is 3.75. The highest BCUT2D eigenvalue weighted by atomic mass is 16.5. The van der Waals surface area contributed by atoms with E-state index in [9.17, 15) is 4.79 Å². The quantitative estimate of drug-likeness (QED) is 0.344. The first kappa shape index (κ1) is 18.5. The molecule has 0 bridgehead atoms. The van der Waals surface area contributed by atoms with E-state index < -0.39 is 0 Å². The lowest BCUT2D eigenvalue weighted by molar-refractivity contribution is 0.0950. The average molecular weight is 387 g/mol. The standard InChI is InChI=1S/C22H21N5O2/c1-3-29-21-11-7-5-9-16(21)19-12-20(26-25-19)22(28)27-23-13-17-14(2)24-18-10-6-4-8-15(17)18/h4-13,24H,3H2,1-2H3,(H,25,26)(H,27,28)/b23-13-. The van der Waals surface area contributed by atoms with Crippen LogP contribution in [0, 0.1) is 6.92 Å². The number of amides is 1. The monoisotopic (exact) mass is 387 g/mol. The van der Waals surface area contributed by atoms with Gasteiger partial charge in [-0.15, -0.1) is 0 Å². The van der Waals surface area contributed by atoms with Crippen molar-refractivity contribution in [3.8, 4) is 17.0 Å². The second-order valence-corrected chi connectivity index (χ2v) is 6.50. The van der Waals surface area contributed by atoms with Crippen LogP contribution in [0.15, 0.2) is 59.7 Å². The molecule has 2 heterocycles. The molecular weight excluding hydrogens is 366 g/mol. The summed E-state index contributed by atoms with van der Waals surface area (Å²) in [5.41, 5.74) is 7.28. The van der Waals surface area contributed by atoms with E-state index in [1.165, 1.54) is 0 Å². The number of hydrogen-bond acceptors (Lipinski definition) is 4. The summed E-state index contributed by atoms with van der Waals surface area (Å²) in [7, 11) is 0. The van der Waals surface area contributed by atoms with E-state index in [2.05, 4.69) is 25.7 Å². The first-order chi connectivity index (χ1) is 14.2. The number of rotatable bonds is 6. The van der Waals surface area contributed by atoms with Crippen molar-refractivity contribution in [2.75, 3.05) is 6.61 Å². The van der Waals surface area contributed by atoms with Gasteiger partial charge in [0.1, 0.15) is 11.4 Å². The second kappa shape index (κ2) is 8.02. The van der Waals surface area contributed by atoms with Crippen molar-refractivity contribution < 1.29 is 9.53 Å². The number of nitrogens with one attached hydrogen (secondary N) is 3. The van der Waals surface area contributed by atoms with E-state index in [1.807, 2.05) is 62.4 Å². The van der Waals surface area contributed by atoms with Crippen molar-refractivity contribution in [1.82, 2.24) is 20.6 Å². The predicted molar refractivity (Wildman–Crippen MR) is 113 cm³/mol. The van der Waals surface area contributed by atoms with Crippen LogP contribution < -0.4 is 10.2 Å². The molecule has 3 N–H and O–H groups in total. The predicted octanol–water partition coefficient (Wildman–Crippen LogP) is 4.03. The fourth-order valence-electron chi connectivity index (χ4n) is 3.22. The molecule has 0 aliphatic rings. The minimum Gasteiger partial charge on any atom is -0.493 e. The molecule has 0 aliphatic carbocycles. The number of aromatic nitrogens is 3. The first-order valence-corrected chi connectivity index (χ1v) is 9.35. The summed E-state index contributed by atoms with van der Waals surface area (Å²) in [6.45, 7) is 4.45. The van der Waals surface area contributed by atoms with E-state index in [0.717, 1.165) is 33.5 Å². The van der Waals surface area contributed by atoms with E-state index >= 15 is 0 Å². The molecule has 0 radical (unpaired) electrons. The van der Waals surface area contributed by atoms with Crippen LogP contribution in [-0.2, 0) is 0 Å². The number of hydrazone groups is 1. The van der Waals surface area contributed by atoms with Crippen LogP contribution in [0.25, 0.3) is 22.2 Å². The zero-order valence-electron chi connectivity index (χ0n) is 16.2. The van der Waals surface area contributed by atoms with Gasteiger partial charge in [0.2, 0.25) is 0 Å². The fourth-order valence-corrected chi connectivity index (χ4v) is 3.22. The number of hydrogen-bond donors (Lipinski definition) is 3. The number of H-pyrrole nitrogens is 2. The molecule has 0 aliphatic heterocycles. The van der Waals surface area contributed by atoms with Crippen molar-refractivity contribution in [3.63, 3.8) is 0 Å². The molecule has 29 heavy (non-hydrogen) atoms. The number of carbonyl (C=O) groups excluding carboxylic acids is 1. The lowest BCUT2D eigenvalue weighted by atomic mass is 10.1. The maximum absolute atomic E-state index is 12.4. The molecule has 0 saturated heterocycles. The van der Waals surface area contributed by atoms with Gasteiger partial charge in [-0.1, -0.05) is 30.3 Å². The van der Waals surface area contributed by atoms with Gasteiger partial charge in [0, 0.05) is 27.7 Å². The molecule has 2 aromatic heterocycles. The van der Waals surface area contributed by atoms with Gasteiger partial charge in [-0.25, -0.2) is 5.43 Å². The number of para-hydroxylation sites is 2. The normalized spacial score (nSPS) is 11.2. The van der Waals surface area contributed by atoms with Crippen molar-refractivity contribution in [2.24, 2.45) is 5.10 Å². The molecule has 1 amide bonds. The zero-order valence-corrected chi connectivity index (χ0v) is 16.2. The van der Waals surface area contributed by atoms with Crippen LogP contribution in [0.4, 0.5) is 0 Å². The Bertz CT molecular complexity index is 1190. The second-order valence-electron chi connectivity index (χ2n) is 6.50. The Balaban J connectivity index is 1.50. The summed E-state index contributed by atoms with van der Waals surface area (Å²) in [6.07, 6.45) is 1.65. The topological polar surface area (TPSA) is 95.2 Å². The number of aromatic amines is 2. The summed E-state index contributed by atoms with van der Waals surface area (Å²) in [5, 5.41) is 12.2. The van der Waals surface area contributed by atoms with Crippen LogP contribution in [-0.4, -0.2) is 33.9 Å². The van der Waals surface area contributed by atoms with E-state index in [1.54, 1.807) is 12.3 Å². The van der Waals surface area contributed by atoms with Crippen molar-refractivity contribution in [2.45, 2.75) is 13.8 Å². The largest absolute Gasteiger partial charge is 0.493 e. The highest BCUT2D eigenvalue weighted by Crippen LogP contribution is 2.28. The molecular formula is C22H21N5O2. The van der Waals surface area contributed by atoms with E-state index in [-0.39, 0.29) is 5.91 Å². The number of aryl methyl sites for hydroxylation is 1. The highest BCUT2D eigenvalue weighted by Gasteiger charge is 2.13.